The minimum atomic E-state index is -0.0720. The molecule has 2 N–H and O–H groups in total. The molecule has 1 aliphatic rings. The van der Waals surface area contributed by atoms with Gasteiger partial charge in [-0.3, -0.25) is 9.69 Å². The molecule has 0 saturated carbocycles. The normalized spacial score (nSPS) is 25.4. The molecule has 1 rings (SSSR count). The van der Waals surface area contributed by atoms with E-state index in [9.17, 15) is 4.79 Å². The summed E-state index contributed by atoms with van der Waals surface area (Å²) in [5.74, 6) is 0.156. The minimum absolute atomic E-state index is 0.0720. The average Bonchev–Trinajstić information content (AvgIpc) is 2.26. The first kappa shape index (κ1) is 13.4. The molecule has 0 aromatic carbocycles. The lowest BCUT2D eigenvalue weighted by Crippen LogP contribution is -2.60. The number of carbonyl (C=O) groups is 1. The van der Waals surface area contributed by atoms with Crippen LogP contribution in [0.3, 0.4) is 0 Å². The molecule has 16 heavy (non-hydrogen) atoms. The summed E-state index contributed by atoms with van der Waals surface area (Å²) in [6, 6.07) is 0.217. The Morgan fingerprint density at radius 3 is 2.62 bits per heavy atom. The van der Waals surface area contributed by atoms with Crippen LogP contribution in [-0.4, -0.2) is 80.0 Å². The zero-order valence-corrected chi connectivity index (χ0v) is 10.8. The SMILES string of the molecule is CC(C(=O)N(C)C)N1CCN(C)CC1CN. The van der Waals surface area contributed by atoms with Crippen LogP contribution >= 0.6 is 0 Å². The fraction of sp³-hybridized carbons (Fsp3) is 0.909. The Labute approximate surface area is 98.2 Å². The van der Waals surface area contributed by atoms with Gasteiger partial charge in [0.2, 0.25) is 5.91 Å². The highest BCUT2D eigenvalue weighted by Gasteiger charge is 2.31. The second-order valence-electron chi connectivity index (χ2n) is 4.80. The minimum Gasteiger partial charge on any atom is -0.347 e. The van der Waals surface area contributed by atoms with Crippen molar-refractivity contribution in [1.29, 1.82) is 0 Å². The predicted octanol–water partition coefficient (Wildman–Crippen LogP) is -0.962. The van der Waals surface area contributed by atoms with Gasteiger partial charge in [-0.05, 0) is 14.0 Å². The molecule has 1 amide bonds. The molecule has 1 aliphatic heterocycles. The van der Waals surface area contributed by atoms with Crippen LogP contribution in [0.25, 0.3) is 0 Å². The van der Waals surface area contributed by atoms with Crippen molar-refractivity contribution in [1.82, 2.24) is 14.7 Å². The summed E-state index contributed by atoms with van der Waals surface area (Å²) >= 11 is 0. The Morgan fingerprint density at radius 1 is 1.50 bits per heavy atom. The number of hydrogen-bond acceptors (Lipinski definition) is 4. The van der Waals surface area contributed by atoms with Gasteiger partial charge in [0.15, 0.2) is 0 Å². The van der Waals surface area contributed by atoms with E-state index in [2.05, 4.69) is 16.8 Å². The fourth-order valence-corrected chi connectivity index (χ4v) is 2.26. The van der Waals surface area contributed by atoms with Crippen molar-refractivity contribution in [3.05, 3.63) is 0 Å². The second-order valence-corrected chi connectivity index (χ2v) is 4.80. The Morgan fingerprint density at radius 2 is 2.12 bits per heavy atom. The highest BCUT2D eigenvalue weighted by Crippen LogP contribution is 2.12. The van der Waals surface area contributed by atoms with E-state index in [-0.39, 0.29) is 18.0 Å². The fourth-order valence-electron chi connectivity index (χ4n) is 2.26. The first-order chi connectivity index (χ1) is 7.47. The molecule has 94 valence electrons. The molecule has 1 fully saturated rings. The van der Waals surface area contributed by atoms with Crippen molar-refractivity contribution in [3.63, 3.8) is 0 Å². The summed E-state index contributed by atoms with van der Waals surface area (Å²) < 4.78 is 0. The maximum Gasteiger partial charge on any atom is 0.239 e. The number of amides is 1. The first-order valence-corrected chi connectivity index (χ1v) is 5.83. The zero-order valence-electron chi connectivity index (χ0n) is 10.8. The Bertz CT molecular complexity index is 244. The van der Waals surface area contributed by atoms with Crippen LogP contribution < -0.4 is 5.73 Å². The number of piperazine rings is 1. The van der Waals surface area contributed by atoms with Crippen LogP contribution in [0.4, 0.5) is 0 Å². The van der Waals surface area contributed by atoms with Crippen molar-refractivity contribution in [2.75, 3.05) is 47.3 Å². The van der Waals surface area contributed by atoms with Crippen LogP contribution in [-0.2, 0) is 4.79 Å². The molecule has 5 heteroatoms. The Balaban J connectivity index is 2.66. The van der Waals surface area contributed by atoms with Gasteiger partial charge in [-0.25, -0.2) is 0 Å². The summed E-state index contributed by atoms with van der Waals surface area (Å²) in [6.45, 7) is 5.44. The number of carbonyl (C=O) groups excluding carboxylic acids is 1. The van der Waals surface area contributed by atoms with Crippen molar-refractivity contribution in [2.45, 2.75) is 19.0 Å². The molecule has 0 bridgehead atoms. The molecule has 0 aromatic rings. The molecule has 0 radical (unpaired) electrons. The third kappa shape index (κ3) is 2.93. The van der Waals surface area contributed by atoms with E-state index in [1.165, 1.54) is 0 Å². The molecule has 5 nitrogen and oxygen atoms in total. The maximum absolute atomic E-state index is 11.9. The standard InChI is InChI=1S/C11H24N4O/c1-9(11(16)13(2)3)15-6-5-14(4)8-10(15)7-12/h9-10H,5-8,12H2,1-4H3. The van der Waals surface area contributed by atoms with Gasteiger partial charge in [0, 0.05) is 46.3 Å². The summed E-state index contributed by atoms with van der Waals surface area (Å²) in [6.07, 6.45) is 0. The summed E-state index contributed by atoms with van der Waals surface area (Å²) in [4.78, 5) is 18.1. The van der Waals surface area contributed by atoms with Gasteiger partial charge < -0.3 is 15.5 Å². The van der Waals surface area contributed by atoms with Gasteiger partial charge in [-0.2, -0.15) is 0 Å². The monoisotopic (exact) mass is 228 g/mol. The number of nitrogens with zero attached hydrogens (tertiary/aromatic N) is 3. The average molecular weight is 228 g/mol. The molecule has 1 saturated heterocycles. The van der Waals surface area contributed by atoms with Crippen LogP contribution in [0.15, 0.2) is 0 Å². The summed E-state index contributed by atoms with van der Waals surface area (Å²) in [7, 11) is 5.69. The lowest BCUT2D eigenvalue weighted by atomic mass is 10.1. The van der Waals surface area contributed by atoms with Crippen molar-refractivity contribution in [3.8, 4) is 0 Å². The van der Waals surface area contributed by atoms with Crippen LogP contribution in [0.2, 0.25) is 0 Å². The smallest absolute Gasteiger partial charge is 0.239 e. The molecule has 2 atom stereocenters. The number of nitrogens with two attached hydrogens (primary N) is 1. The number of rotatable bonds is 3. The topological polar surface area (TPSA) is 52.8 Å². The molecule has 0 aromatic heterocycles. The van der Waals surface area contributed by atoms with E-state index in [0.29, 0.717) is 6.54 Å². The summed E-state index contributed by atoms with van der Waals surface area (Å²) in [5.41, 5.74) is 5.78. The van der Waals surface area contributed by atoms with Crippen molar-refractivity contribution < 1.29 is 4.79 Å². The lowest BCUT2D eigenvalue weighted by molar-refractivity contribution is -0.135. The third-order valence-electron chi connectivity index (χ3n) is 3.30. The van der Waals surface area contributed by atoms with E-state index in [1.807, 2.05) is 6.92 Å². The molecular weight excluding hydrogens is 204 g/mol. The lowest BCUT2D eigenvalue weighted by Gasteiger charge is -2.42. The van der Waals surface area contributed by atoms with Crippen LogP contribution in [0, 0.1) is 0 Å². The van der Waals surface area contributed by atoms with E-state index >= 15 is 0 Å². The highest BCUT2D eigenvalue weighted by atomic mass is 16.2. The van der Waals surface area contributed by atoms with Crippen LogP contribution in [0.1, 0.15) is 6.92 Å². The van der Waals surface area contributed by atoms with E-state index < -0.39 is 0 Å². The number of likely N-dealkylation sites (N-methyl/N-ethyl adjacent to an activating group) is 2. The maximum atomic E-state index is 11.9. The molecule has 0 spiro atoms. The highest BCUT2D eigenvalue weighted by molar-refractivity contribution is 5.81. The van der Waals surface area contributed by atoms with E-state index in [4.69, 9.17) is 5.73 Å². The van der Waals surface area contributed by atoms with Crippen LogP contribution in [0.5, 0.6) is 0 Å². The second kappa shape index (κ2) is 5.61. The molecule has 0 aliphatic carbocycles. The van der Waals surface area contributed by atoms with Gasteiger partial charge in [0.25, 0.3) is 0 Å². The van der Waals surface area contributed by atoms with Gasteiger partial charge in [0.05, 0.1) is 6.04 Å². The van der Waals surface area contributed by atoms with Crippen molar-refractivity contribution in [2.24, 2.45) is 5.73 Å². The zero-order chi connectivity index (χ0) is 12.3. The first-order valence-electron chi connectivity index (χ1n) is 5.83. The Kier molecular flexibility index (Phi) is 4.70. The van der Waals surface area contributed by atoms with Gasteiger partial charge in [-0.15, -0.1) is 0 Å². The number of hydrogen-bond donors (Lipinski definition) is 1. The molecular formula is C11H24N4O. The summed E-state index contributed by atoms with van der Waals surface area (Å²) in [5, 5.41) is 0. The predicted molar refractivity (Wildman–Crippen MR) is 65.2 cm³/mol. The van der Waals surface area contributed by atoms with E-state index in [1.54, 1.807) is 19.0 Å². The van der Waals surface area contributed by atoms with Crippen molar-refractivity contribution >= 4 is 5.91 Å². The molecule has 2 unspecified atom stereocenters. The third-order valence-corrected chi connectivity index (χ3v) is 3.30. The van der Waals surface area contributed by atoms with E-state index in [0.717, 1.165) is 19.6 Å². The quantitative estimate of drug-likeness (QED) is 0.676. The largest absolute Gasteiger partial charge is 0.347 e. The molecule has 1 heterocycles. The van der Waals surface area contributed by atoms with Gasteiger partial charge in [-0.1, -0.05) is 0 Å². The Hall–Kier alpha value is -0.650. The van der Waals surface area contributed by atoms with Gasteiger partial charge >= 0.3 is 0 Å². The van der Waals surface area contributed by atoms with Gasteiger partial charge in [0.1, 0.15) is 0 Å².